The van der Waals surface area contributed by atoms with E-state index in [9.17, 15) is 0 Å². The van der Waals surface area contributed by atoms with Gasteiger partial charge in [0.25, 0.3) is 0 Å². The van der Waals surface area contributed by atoms with E-state index >= 15 is 0 Å². The Hall–Kier alpha value is -0.760. The normalized spacial score (nSPS) is 11.1. The molecule has 0 saturated heterocycles. The summed E-state index contributed by atoms with van der Waals surface area (Å²) in [5, 5.41) is 3.45. The molecule has 2 heteroatoms. The summed E-state index contributed by atoms with van der Waals surface area (Å²) >= 11 is 0. The van der Waals surface area contributed by atoms with Crippen LogP contribution in [0.15, 0.2) is 16.5 Å². The molecule has 1 aromatic heterocycles. The highest BCUT2D eigenvalue weighted by atomic mass is 16.3. The minimum Gasteiger partial charge on any atom is -0.465 e. The molecular formula is C18H33NO. The largest absolute Gasteiger partial charge is 0.465 e. The first-order valence-electron chi connectivity index (χ1n) is 8.59. The molecule has 20 heavy (non-hydrogen) atoms. The topological polar surface area (TPSA) is 25.2 Å². The molecule has 0 atom stereocenters. The molecular weight excluding hydrogens is 246 g/mol. The van der Waals surface area contributed by atoms with E-state index in [4.69, 9.17) is 4.42 Å². The van der Waals surface area contributed by atoms with Crippen LogP contribution in [0.1, 0.15) is 82.7 Å². The molecule has 0 aliphatic carbocycles. The monoisotopic (exact) mass is 279 g/mol. The predicted molar refractivity (Wildman–Crippen MR) is 87.0 cm³/mol. The van der Waals surface area contributed by atoms with Gasteiger partial charge in [-0.05, 0) is 32.0 Å². The van der Waals surface area contributed by atoms with E-state index in [-0.39, 0.29) is 0 Å². The highest BCUT2D eigenvalue weighted by Crippen LogP contribution is 2.10. The van der Waals surface area contributed by atoms with Gasteiger partial charge in [0.15, 0.2) is 0 Å². The van der Waals surface area contributed by atoms with Crippen LogP contribution in [0.4, 0.5) is 0 Å². The summed E-state index contributed by atoms with van der Waals surface area (Å²) in [4.78, 5) is 0. The van der Waals surface area contributed by atoms with Crippen LogP contribution < -0.4 is 5.32 Å². The maximum atomic E-state index is 5.52. The molecule has 0 fully saturated rings. The molecule has 0 aliphatic rings. The smallest absolute Gasteiger partial charge is 0.117 e. The second-order valence-corrected chi connectivity index (χ2v) is 5.87. The van der Waals surface area contributed by atoms with Crippen molar-refractivity contribution in [1.29, 1.82) is 0 Å². The second-order valence-electron chi connectivity index (χ2n) is 5.87. The minimum absolute atomic E-state index is 0.866. The van der Waals surface area contributed by atoms with Gasteiger partial charge >= 0.3 is 0 Å². The molecule has 1 aromatic rings. The van der Waals surface area contributed by atoms with Crippen LogP contribution in [0.5, 0.6) is 0 Å². The molecule has 0 aliphatic heterocycles. The predicted octanol–water partition coefficient (Wildman–Crippen LogP) is 5.60. The lowest BCUT2D eigenvalue weighted by atomic mass is 10.1. The lowest BCUT2D eigenvalue weighted by Crippen LogP contribution is -2.14. The van der Waals surface area contributed by atoms with E-state index in [0.29, 0.717) is 0 Å². The van der Waals surface area contributed by atoms with Gasteiger partial charge in [0.05, 0.1) is 6.54 Å². The van der Waals surface area contributed by atoms with Crippen LogP contribution in [0.3, 0.4) is 0 Å². The van der Waals surface area contributed by atoms with Gasteiger partial charge in [-0.25, -0.2) is 0 Å². The maximum Gasteiger partial charge on any atom is 0.117 e. The Labute approximate surface area is 125 Å². The van der Waals surface area contributed by atoms with Crippen molar-refractivity contribution in [2.24, 2.45) is 0 Å². The fraction of sp³-hybridized carbons (Fsp3) is 0.778. The maximum absolute atomic E-state index is 5.52. The van der Waals surface area contributed by atoms with E-state index in [2.05, 4.69) is 18.3 Å². The standard InChI is InChI=1S/C18H33NO/c1-3-4-5-6-7-8-9-10-11-12-15-19-16-18-14-13-17(2)20-18/h13-14,19H,3-12,15-16H2,1-2H3. The molecule has 2 nitrogen and oxygen atoms in total. The molecule has 0 unspecified atom stereocenters. The molecule has 0 radical (unpaired) electrons. The summed E-state index contributed by atoms with van der Waals surface area (Å²) in [7, 11) is 0. The van der Waals surface area contributed by atoms with Crippen LogP contribution in [0.25, 0.3) is 0 Å². The molecule has 0 bridgehead atoms. The Bertz CT molecular complexity index is 319. The van der Waals surface area contributed by atoms with Crippen molar-refractivity contribution < 1.29 is 4.42 Å². The number of nitrogens with one attached hydrogen (secondary N) is 1. The Morgan fingerprint density at radius 2 is 1.45 bits per heavy atom. The fourth-order valence-corrected chi connectivity index (χ4v) is 2.53. The third-order valence-corrected chi connectivity index (χ3v) is 3.80. The molecule has 1 rings (SSSR count). The van der Waals surface area contributed by atoms with Crippen molar-refractivity contribution in [2.75, 3.05) is 6.54 Å². The number of unbranched alkanes of at least 4 members (excludes halogenated alkanes) is 9. The zero-order valence-corrected chi connectivity index (χ0v) is 13.5. The molecule has 0 amide bonds. The van der Waals surface area contributed by atoms with Crippen LogP contribution in [0.2, 0.25) is 0 Å². The number of rotatable bonds is 13. The van der Waals surface area contributed by atoms with E-state index in [0.717, 1.165) is 24.6 Å². The van der Waals surface area contributed by atoms with Crippen molar-refractivity contribution in [3.63, 3.8) is 0 Å². The number of hydrogen-bond donors (Lipinski definition) is 1. The quantitative estimate of drug-likeness (QED) is 0.475. The number of aryl methyl sites for hydroxylation is 1. The third kappa shape index (κ3) is 9.19. The van der Waals surface area contributed by atoms with Crippen molar-refractivity contribution in [2.45, 2.75) is 84.6 Å². The third-order valence-electron chi connectivity index (χ3n) is 3.80. The average molecular weight is 279 g/mol. The van der Waals surface area contributed by atoms with Gasteiger partial charge < -0.3 is 9.73 Å². The van der Waals surface area contributed by atoms with Gasteiger partial charge in [0.2, 0.25) is 0 Å². The molecule has 1 N–H and O–H groups in total. The van der Waals surface area contributed by atoms with Gasteiger partial charge in [-0.2, -0.15) is 0 Å². The summed E-state index contributed by atoms with van der Waals surface area (Å²) in [5.41, 5.74) is 0. The zero-order chi connectivity index (χ0) is 14.5. The highest BCUT2D eigenvalue weighted by Gasteiger charge is 1.97. The summed E-state index contributed by atoms with van der Waals surface area (Å²) in [6.45, 7) is 6.24. The van der Waals surface area contributed by atoms with Gasteiger partial charge in [-0.3, -0.25) is 0 Å². The fourth-order valence-electron chi connectivity index (χ4n) is 2.53. The second kappa shape index (κ2) is 12.0. The van der Waals surface area contributed by atoms with Gasteiger partial charge in [-0.15, -0.1) is 0 Å². The Morgan fingerprint density at radius 1 is 0.850 bits per heavy atom. The SMILES string of the molecule is CCCCCCCCCCCCNCc1ccc(C)o1. The van der Waals surface area contributed by atoms with Crippen LogP contribution >= 0.6 is 0 Å². The van der Waals surface area contributed by atoms with Crippen molar-refractivity contribution in [1.82, 2.24) is 5.32 Å². The summed E-state index contributed by atoms with van der Waals surface area (Å²) in [6.07, 6.45) is 14.0. The number of hydrogen-bond acceptors (Lipinski definition) is 2. The molecule has 0 saturated carbocycles. The van der Waals surface area contributed by atoms with Crippen molar-refractivity contribution in [3.8, 4) is 0 Å². The first-order chi connectivity index (χ1) is 9.83. The summed E-state index contributed by atoms with van der Waals surface area (Å²) in [5.74, 6) is 2.05. The van der Waals surface area contributed by atoms with E-state index in [1.54, 1.807) is 0 Å². The Balaban J connectivity index is 1.76. The first kappa shape index (κ1) is 17.3. The lowest BCUT2D eigenvalue weighted by Gasteiger charge is -2.04. The first-order valence-corrected chi connectivity index (χ1v) is 8.59. The van der Waals surface area contributed by atoms with Crippen molar-refractivity contribution in [3.05, 3.63) is 23.7 Å². The lowest BCUT2D eigenvalue weighted by molar-refractivity contribution is 0.457. The Kier molecular flexibility index (Phi) is 10.4. The minimum atomic E-state index is 0.866. The highest BCUT2D eigenvalue weighted by molar-refractivity contribution is 5.04. The molecule has 0 aromatic carbocycles. The van der Waals surface area contributed by atoms with Gasteiger partial charge in [0.1, 0.15) is 11.5 Å². The van der Waals surface area contributed by atoms with E-state index in [1.165, 1.54) is 64.2 Å². The molecule has 0 spiro atoms. The van der Waals surface area contributed by atoms with Crippen LogP contribution in [-0.4, -0.2) is 6.54 Å². The van der Waals surface area contributed by atoms with Gasteiger partial charge in [0, 0.05) is 0 Å². The average Bonchev–Trinajstić information content (AvgIpc) is 2.86. The Morgan fingerprint density at radius 3 is 2.00 bits per heavy atom. The van der Waals surface area contributed by atoms with Crippen molar-refractivity contribution >= 4 is 0 Å². The molecule has 1 heterocycles. The van der Waals surface area contributed by atoms with Gasteiger partial charge in [-0.1, -0.05) is 64.7 Å². The van der Waals surface area contributed by atoms with Crippen LogP contribution in [-0.2, 0) is 6.54 Å². The van der Waals surface area contributed by atoms with E-state index < -0.39 is 0 Å². The number of furan rings is 1. The summed E-state index contributed by atoms with van der Waals surface area (Å²) < 4.78 is 5.52. The van der Waals surface area contributed by atoms with E-state index in [1.807, 2.05) is 13.0 Å². The van der Waals surface area contributed by atoms with Crippen LogP contribution in [0, 0.1) is 6.92 Å². The zero-order valence-electron chi connectivity index (χ0n) is 13.5. The molecule has 116 valence electrons. The summed E-state index contributed by atoms with van der Waals surface area (Å²) in [6, 6.07) is 4.08.